The van der Waals surface area contributed by atoms with E-state index in [0.717, 1.165) is 5.39 Å². The summed E-state index contributed by atoms with van der Waals surface area (Å²) in [6.45, 7) is 0. The van der Waals surface area contributed by atoms with Gasteiger partial charge in [0.15, 0.2) is 0 Å². The Morgan fingerprint density at radius 1 is 0.633 bits per heavy atom. The lowest BCUT2D eigenvalue weighted by Gasteiger charge is -2.10. The van der Waals surface area contributed by atoms with Crippen molar-refractivity contribution >= 4 is 34.1 Å². The van der Waals surface area contributed by atoms with Crippen LogP contribution in [0.4, 0.5) is 11.4 Å². The van der Waals surface area contributed by atoms with Crippen LogP contribution >= 0.6 is 0 Å². The zero-order chi connectivity index (χ0) is 21.1. The van der Waals surface area contributed by atoms with Gasteiger partial charge < -0.3 is 20.9 Å². The van der Waals surface area contributed by atoms with Gasteiger partial charge in [0.25, 0.3) is 0 Å². The minimum atomic E-state index is -0.509. The highest BCUT2D eigenvalue weighted by Gasteiger charge is 2.13. The van der Waals surface area contributed by atoms with Gasteiger partial charge in [0, 0.05) is 16.8 Å². The fourth-order valence-electron chi connectivity index (χ4n) is 2.94. The van der Waals surface area contributed by atoms with Gasteiger partial charge >= 0.3 is 11.9 Å². The molecule has 0 spiro atoms. The molecule has 0 amide bonds. The van der Waals surface area contributed by atoms with Crippen LogP contribution in [-0.4, -0.2) is 11.9 Å². The Bertz CT molecular complexity index is 1230. The maximum absolute atomic E-state index is 12.5. The van der Waals surface area contributed by atoms with Crippen molar-refractivity contribution in [1.29, 1.82) is 0 Å². The third-order valence-corrected chi connectivity index (χ3v) is 4.52. The van der Waals surface area contributed by atoms with Crippen molar-refractivity contribution in [2.75, 3.05) is 11.5 Å². The van der Waals surface area contributed by atoms with Gasteiger partial charge in [0.2, 0.25) is 0 Å². The largest absolute Gasteiger partial charge is 0.423 e. The first-order valence-corrected chi connectivity index (χ1v) is 9.18. The smallest absolute Gasteiger partial charge is 0.343 e. The van der Waals surface area contributed by atoms with Crippen molar-refractivity contribution in [3.05, 3.63) is 96.1 Å². The lowest BCUT2D eigenvalue weighted by atomic mass is 10.1. The second-order valence-electron chi connectivity index (χ2n) is 6.66. The van der Waals surface area contributed by atoms with Gasteiger partial charge in [0.1, 0.15) is 11.5 Å². The van der Waals surface area contributed by atoms with Crippen LogP contribution in [0.25, 0.3) is 10.8 Å². The van der Waals surface area contributed by atoms with Crippen LogP contribution in [0.15, 0.2) is 84.9 Å². The van der Waals surface area contributed by atoms with Crippen LogP contribution in [0.1, 0.15) is 20.7 Å². The van der Waals surface area contributed by atoms with E-state index in [2.05, 4.69) is 0 Å². The first kappa shape index (κ1) is 19.0. The molecule has 6 nitrogen and oxygen atoms in total. The van der Waals surface area contributed by atoms with Crippen LogP contribution < -0.4 is 20.9 Å². The molecule has 6 heteroatoms. The standard InChI is InChI=1S/C24H18N2O4/c25-18-9-4-16(5-10-18)23(27)29-20-13-8-15-2-1-3-22(21(15)14-20)30-24(28)17-6-11-19(26)12-7-17/h1-14H,25-26H2. The molecule has 0 radical (unpaired) electrons. The summed E-state index contributed by atoms with van der Waals surface area (Å²) in [6, 6.07) is 23.4. The molecule has 0 aromatic heterocycles. The molecule has 0 saturated carbocycles. The number of benzene rings is 4. The highest BCUT2D eigenvalue weighted by atomic mass is 16.5. The highest BCUT2D eigenvalue weighted by Crippen LogP contribution is 2.30. The molecular weight excluding hydrogens is 380 g/mol. The van der Waals surface area contributed by atoms with Crippen molar-refractivity contribution < 1.29 is 19.1 Å². The molecule has 0 aliphatic rings. The number of nitrogen functional groups attached to an aromatic ring is 2. The van der Waals surface area contributed by atoms with E-state index >= 15 is 0 Å². The molecule has 0 fully saturated rings. The molecule has 0 unspecified atom stereocenters. The summed E-state index contributed by atoms with van der Waals surface area (Å²) in [7, 11) is 0. The zero-order valence-electron chi connectivity index (χ0n) is 15.9. The number of nitrogens with two attached hydrogens (primary N) is 2. The number of carbonyl (C=O) groups is 2. The van der Waals surface area contributed by atoms with Crippen molar-refractivity contribution in [3.63, 3.8) is 0 Å². The molecule has 0 saturated heterocycles. The van der Waals surface area contributed by atoms with E-state index in [1.165, 1.54) is 0 Å². The lowest BCUT2D eigenvalue weighted by molar-refractivity contribution is 0.0724. The van der Waals surface area contributed by atoms with E-state index in [9.17, 15) is 9.59 Å². The van der Waals surface area contributed by atoms with E-state index in [4.69, 9.17) is 20.9 Å². The summed E-state index contributed by atoms with van der Waals surface area (Å²) in [6.07, 6.45) is 0. The van der Waals surface area contributed by atoms with Gasteiger partial charge in [-0.3, -0.25) is 0 Å². The van der Waals surface area contributed by atoms with E-state index in [1.54, 1.807) is 78.9 Å². The normalized spacial score (nSPS) is 10.5. The third kappa shape index (κ3) is 4.07. The number of carbonyl (C=O) groups excluding carboxylic acids is 2. The lowest BCUT2D eigenvalue weighted by Crippen LogP contribution is -2.09. The molecule has 30 heavy (non-hydrogen) atoms. The van der Waals surface area contributed by atoms with Gasteiger partial charge in [-0.05, 0) is 72.1 Å². The van der Waals surface area contributed by atoms with Crippen molar-refractivity contribution in [3.8, 4) is 11.5 Å². The molecular formula is C24H18N2O4. The average Bonchev–Trinajstić information content (AvgIpc) is 2.75. The van der Waals surface area contributed by atoms with E-state index < -0.39 is 11.9 Å². The Morgan fingerprint density at radius 2 is 1.20 bits per heavy atom. The highest BCUT2D eigenvalue weighted by molar-refractivity contribution is 5.97. The van der Waals surface area contributed by atoms with Gasteiger partial charge in [-0.2, -0.15) is 0 Å². The molecule has 0 bridgehead atoms. The van der Waals surface area contributed by atoms with Crippen LogP contribution in [0.2, 0.25) is 0 Å². The summed E-state index contributed by atoms with van der Waals surface area (Å²) < 4.78 is 11.0. The number of esters is 2. The zero-order valence-corrected chi connectivity index (χ0v) is 15.9. The van der Waals surface area contributed by atoms with Crippen LogP contribution in [-0.2, 0) is 0 Å². The SMILES string of the molecule is Nc1ccc(C(=O)Oc2ccc3cccc(OC(=O)c4ccc(N)cc4)c3c2)cc1. The second kappa shape index (κ2) is 7.97. The third-order valence-electron chi connectivity index (χ3n) is 4.52. The van der Waals surface area contributed by atoms with Gasteiger partial charge in [0.05, 0.1) is 11.1 Å². The van der Waals surface area contributed by atoms with Gasteiger partial charge in [-0.15, -0.1) is 0 Å². The number of ether oxygens (including phenoxy) is 2. The fourth-order valence-corrected chi connectivity index (χ4v) is 2.94. The Labute approximate surface area is 172 Å². The summed E-state index contributed by atoms with van der Waals surface area (Å²) >= 11 is 0. The number of fused-ring (bicyclic) bond motifs is 1. The van der Waals surface area contributed by atoms with E-state index in [0.29, 0.717) is 39.4 Å². The van der Waals surface area contributed by atoms with Gasteiger partial charge in [-0.1, -0.05) is 18.2 Å². The molecule has 148 valence electrons. The Hall–Kier alpha value is -4.32. The van der Waals surface area contributed by atoms with Crippen LogP contribution in [0.5, 0.6) is 11.5 Å². The monoisotopic (exact) mass is 398 g/mol. The topological polar surface area (TPSA) is 105 Å². The molecule has 4 rings (SSSR count). The summed E-state index contributed by atoms with van der Waals surface area (Å²) in [4.78, 5) is 24.9. The number of hydrogen-bond donors (Lipinski definition) is 2. The van der Waals surface area contributed by atoms with Crippen molar-refractivity contribution in [2.45, 2.75) is 0 Å². The number of anilines is 2. The van der Waals surface area contributed by atoms with Crippen LogP contribution in [0, 0.1) is 0 Å². The summed E-state index contributed by atoms with van der Waals surface area (Å²) in [5, 5.41) is 1.48. The first-order chi connectivity index (χ1) is 14.5. The molecule has 4 aromatic rings. The molecule has 0 heterocycles. The quantitative estimate of drug-likeness (QED) is 0.299. The molecule has 0 aliphatic carbocycles. The Kier molecular flexibility index (Phi) is 5.05. The number of hydrogen-bond acceptors (Lipinski definition) is 6. The van der Waals surface area contributed by atoms with Gasteiger partial charge in [-0.25, -0.2) is 9.59 Å². The molecule has 4 N–H and O–H groups in total. The average molecular weight is 398 g/mol. The number of rotatable bonds is 4. The predicted molar refractivity (Wildman–Crippen MR) is 116 cm³/mol. The van der Waals surface area contributed by atoms with E-state index in [-0.39, 0.29) is 0 Å². The Morgan fingerprint density at radius 3 is 1.80 bits per heavy atom. The predicted octanol–water partition coefficient (Wildman–Crippen LogP) is 4.44. The minimum Gasteiger partial charge on any atom is -0.423 e. The molecule has 0 aliphatic heterocycles. The van der Waals surface area contributed by atoms with E-state index in [1.807, 2.05) is 6.07 Å². The second-order valence-corrected chi connectivity index (χ2v) is 6.66. The first-order valence-electron chi connectivity index (χ1n) is 9.18. The van der Waals surface area contributed by atoms with Crippen molar-refractivity contribution in [1.82, 2.24) is 0 Å². The molecule has 4 aromatic carbocycles. The Balaban J connectivity index is 1.60. The van der Waals surface area contributed by atoms with Crippen molar-refractivity contribution in [2.24, 2.45) is 0 Å². The minimum absolute atomic E-state index is 0.334. The summed E-state index contributed by atoms with van der Waals surface area (Å²) in [5.41, 5.74) is 13.2. The molecule has 0 atom stereocenters. The summed E-state index contributed by atoms with van der Waals surface area (Å²) in [5.74, 6) is -0.322. The maximum atomic E-state index is 12.5. The van der Waals surface area contributed by atoms with Crippen LogP contribution in [0.3, 0.4) is 0 Å². The maximum Gasteiger partial charge on any atom is 0.343 e. The fraction of sp³-hybridized carbons (Fsp3) is 0.